The molecule has 1 atom stereocenters. The average Bonchev–Trinajstić information content (AvgIpc) is 2.46. The third-order valence-electron chi connectivity index (χ3n) is 2.77. The number of ether oxygens (including phenoxy) is 3. The molecule has 1 aromatic rings. The first kappa shape index (κ1) is 12.8. The Hall–Kier alpha value is -1.60. The van der Waals surface area contributed by atoms with Crippen LogP contribution in [0.1, 0.15) is 0 Å². The summed E-state index contributed by atoms with van der Waals surface area (Å²) in [5.74, 6) is 1.54. The SMILES string of the molecule is COc1cc(OC)nc(N2CCOC(CN)C2)n1. The summed E-state index contributed by atoms with van der Waals surface area (Å²) in [6.45, 7) is 2.50. The molecule has 0 radical (unpaired) electrons. The Labute approximate surface area is 106 Å². The molecule has 1 fully saturated rings. The van der Waals surface area contributed by atoms with E-state index in [9.17, 15) is 0 Å². The van der Waals surface area contributed by atoms with Gasteiger partial charge in [-0.3, -0.25) is 0 Å². The first-order valence-corrected chi connectivity index (χ1v) is 5.80. The Morgan fingerprint density at radius 1 is 1.39 bits per heavy atom. The lowest BCUT2D eigenvalue weighted by Crippen LogP contribution is -2.46. The first-order valence-electron chi connectivity index (χ1n) is 5.80. The lowest BCUT2D eigenvalue weighted by molar-refractivity contribution is 0.0459. The summed E-state index contributed by atoms with van der Waals surface area (Å²) in [4.78, 5) is 10.6. The predicted octanol–water partition coefficient (Wildman–Crippen LogP) is -0.342. The fourth-order valence-corrected chi connectivity index (χ4v) is 1.79. The first-order chi connectivity index (χ1) is 8.76. The Kier molecular flexibility index (Phi) is 4.16. The van der Waals surface area contributed by atoms with Gasteiger partial charge in [-0.15, -0.1) is 0 Å². The van der Waals surface area contributed by atoms with Crippen LogP contribution in [0.3, 0.4) is 0 Å². The lowest BCUT2D eigenvalue weighted by Gasteiger charge is -2.32. The van der Waals surface area contributed by atoms with E-state index in [1.807, 2.05) is 4.90 Å². The molecule has 7 nitrogen and oxygen atoms in total. The van der Waals surface area contributed by atoms with Crippen LogP contribution < -0.4 is 20.1 Å². The van der Waals surface area contributed by atoms with Crippen LogP contribution in [0.25, 0.3) is 0 Å². The summed E-state index contributed by atoms with van der Waals surface area (Å²) < 4.78 is 15.8. The minimum Gasteiger partial charge on any atom is -0.481 e. The minimum atomic E-state index is 0.0135. The monoisotopic (exact) mass is 254 g/mol. The van der Waals surface area contributed by atoms with Crippen molar-refractivity contribution < 1.29 is 14.2 Å². The second-order valence-corrected chi connectivity index (χ2v) is 3.93. The number of morpholine rings is 1. The van der Waals surface area contributed by atoms with Crippen molar-refractivity contribution in [3.05, 3.63) is 6.07 Å². The van der Waals surface area contributed by atoms with Gasteiger partial charge in [0.25, 0.3) is 0 Å². The van der Waals surface area contributed by atoms with E-state index in [0.29, 0.717) is 37.4 Å². The van der Waals surface area contributed by atoms with Gasteiger partial charge >= 0.3 is 0 Å². The average molecular weight is 254 g/mol. The molecule has 1 aliphatic rings. The van der Waals surface area contributed by atoms with Crippen molar-refractivity contribution in [3.8, 4) is 11.8 Å². The third-order valence-corrected chi connectivity index (χ3v) is 2.77. The topological polar surface area (TPSA) is 82.7 Å². The molecule has 2 heterocycles. The van der Waals surface area contributed by atoms with Gasteiger partial charge in [0.2, 0.25) is 17.7 Å². The van der Waals surface area contributed by atoms with Crippen LogP contribution in [0.5, 0.6) is 11.8 Å². The van der Waals surface area contributed by atoms with Crippen LogP contribution in [0, 0.1) is 0 Å². The highest BCUT2D eigenvalue weighted by atomic mass is 16.5. The molecule has 2 rings (SSSR count). The number of anilines is 1. The van der Waals surface area contributed by atoms with E-state index < -0.39 is 0 Å². The molecule has 1 aliphatic heterocycles. The van der Waals surface area contributed by atoms with Crippen LogP contribution >= 0.6 is 0 Å². The molecule has 0 amide bonds. The molecule has 0 spiro atoms. The number of hydrogen-bond acceptors (Lipinski definition) is 7. The van der Waals surface area contributed by atoms with E-state index in [2.05, 4.69) is 9.97 Å². The Balaban J connectivity index is 2.20. The normalized spacial score (nSPS) is 19.7. The van der Waals surface area contributed by atoms with Gasteiger partial charge in [0.15, 0.2) is 0 Å². The van der Waals surface area contributed by atoms with Crippen LogP contribution in [-0.4, -0.2) is 56.5 Å². The van der Waals surface area contributed by atoms with Crippen molar-refractivity contribution >= 4 is 5.95 Å². The maximum Gasteiger partial charge on any atom is 0.232 e. The fraction of sp³-hybridized carbons (Fsp3) is 0.636. The Morgan fingerprint density at radius 2 is 2.06 bits per heavy atom. The zero-order valence-electron chi connectivity index (χ0n) is 10.6. The molecule has 18 heavy (non-hydrogen) atoms. The van der Waals surface area contributed by atoms with Gasteiger partial charge in [0, 0.05) is 19.6 Å². The molecular weight excluding hydrogens is 236 g/mol. The van der Waals surface area contributed by atoms with Crippen LogP contribution in [-0.2, 0) is 4.74 Å². The maximum absolute atomic E-state index is 5.61. The third kappa shape index (κ3) is 2.80. The van der Waals surface area contributed by atoms with E-state index >= 15 is 0 Å². The summed E-state index contributed by atoms with van der Waals surface area (Å²) >= 11 is 0. The second-order valence-electron chi connectivity index (χ2n) is 3.93. The van der Waals surface area contributed by atoms with Gasteiger partial charge in [-0.1, -0.05) is 0 Å². The predicted molar refractivity (Wildman–Crippen MR) is 66.1 cm³/mol. The molecule has 0 saturated carbocycles. The van der Waals surface area contributed by atoms with Gasteiger partial charge in [-0.05, 0) is 0 Å². The fourth-order valence-electron chi connectivity index (χ4n) is 1.79. The number of rotatable bonds is 4. The molecule has 1 aromatic heterocycles. The van der Waals surface area contributed by atoms with Crippen molar-refractivity contribution in [2.45, 2.75) is 6.10 Å². The number of hydrogen-bond donors (Lipinski definition) is 1. The van der Waals surface area contributed by atoms with Gasteiger partial charge in [-0.25, -0.2) is 0 Å². The van der Waals surface area contributed by atoms with E-state index in [1.54, 1.807) is 20.3 Å². The molecule has 7 heteroatoms. The van der Waals surface area contributed by atoms with Crippen molar-refractivity contribution in [2.75, 3.05) is 45.4 Å². The van der Waals surface area contributed by atoms with Gasteiger partial charge < -0.3 is 24.8 Å². The second kappa shape index (κ2) is 5.83. The van der Waals surface area contributed by atoms with Crippen molar-refractivity contribution in [3.63, 3.8) is 0 Å². The molecule has 0 aromatic carbocycles. The molecule has 100 valence electrons. The highest BCUT2D eigenvalue weighted by Crippen LogP contribution is 2.21. The summed E-state index contributed by atoms with van der Waals surface area (Å²) in [5.41, 5.74) is 5.61. The van der Waals surface area contributed by atoms with Crippen LogP contribution in [0.2, 0.25) is 0 Å². The number of nitrogens with zero attached hydrogens (tertiary/aromatic N) is 3. The van der Waals surface area contributed by atoms with Gasteiger partial charge in [-0.2, -0.15) is 9.97 Å². The van der Waals surface area contributed by atoms with E-state index in [0.717, 1.165) is 6.54 Å². The molecular formula is C11H18N4O3. The van der Waals surface area contributed by atoms with Crippen molar-refractivity contribution in [1.82, 2.24) is 9.97 Å². The number of aromatic nitrogens is 2. The maximum atomic E-state index is 5.61. The molecule has 1 unspecified atom stereocenters. The summed E-state index contributed by atoms with van der Waals surface area (Å²) in [6.07, 6.45) is 0.0135. The number of methoxy groups -OCH3 is 2. The molecule has 0 bridgehead atoms. The Morgan fingerprint density at radius 3 is 2.61 bits per heavy atom. The minimum absolute atomic E-state index is 0.0135. The summed E-state index contributed by atoms with van der Waals surface area (Å²) in [6, 6.07) is 1.64. The zero-order chi connectivity index (χ0) is 13.0. The zero-order valence-corrected chi connectivity index (χ0v) is 10.6. The molecule has 1 saturated heterocycles. The van der Waals surface area contributed by atoms with Gasteiger partial charge in [0.05, 0.1) is 33.0 Å². The van der Waals surface area contributed by atoms with Crippen molar-refractivity contribution in [2.24, 2.45) is 5.73 Å². The Bertz CT molecular complexity index is 380. The van der Waals surface area contributed by atoms with Crippen LogP contribution in [0.4, 0.5) is 5.95 Å². The molecule has 0 aliphatic carbocycles. The van der Waals surface area contributed by atoms with E-state index in [4.69, 9.17) is 19.9 Å². The van der Waals surface area contributed by atoms with Crippen molar-refractivity contribution in [1.29, 1.82) is 0 Å². The standard InChI is InChI=1S/C11H18N4O3/c1-16-9-5-10(17-2)14-11(13-9)15-3-4-18-8(6-12)7-15/h5,8H,3-4,6-7,12H2,1-2H3. The van der Waals surface area contributed by atoms with Gasteiger partial charge in [0.1, 0.15) is 0 Å². The lowest BCUT2D eigenvalue weighted by atomic mass is 10.3. The van der Waals surface area contributed by atoms with Crippen LogP contribution in [0.15, 0.2) is 6.07 Å². The largest absolute Gasteiger partial charge is 0.481 e. The van der Waals surface area contributed by atoms with E-state index in [-0.39, 0.29) is 6.10 Å². The highest BCUT2D eigenvalue weighted by Gasteiger charge is 2.22. The molecule has 2 N–H and O–H groups in total. The summed E-state index contributed by atoms with van der Waals surface area (Å²) in [7, 11) is 3.13. The smallest absolute Gasteiger partial charge is 0.232 e. The quantitative estimate of drug-likeness (QED) is 0.786. The van der Waals surface area contributed by atoms with E-state index in [1.165, 1.54) is 0 Å². The highest BCUT2D eigenvalue weighted by molar-refractivity contribution is 5.37. The number of nitrogens with two attached hydrogens (primary N) is 1. The summed E-state index contributed by atoms with van der Waals surface area (Å²) in [5, 5.41) is 0.